The van der Waals surface area contributed by atoms with Crippen molar-refractivity contribution < 1.29 is 9.59 Å². The lowest BCUT2D eigenvalue weighted by Crippen LogP contribution is -2.43. The lowest BCUT2D eigenvalue weighted by atomic mass is 9.94. The number of hydrogen-bond donors (Lipinski definition) is 1. The van der Waals surface area contributed by atoms with Gasteiger partial charge in [-0.15, -0.1) is 0 Å². The molecule has 0 aromatic heterocycles. The third-order valence-corrected chi connectivity index (χ3v) is 4.85. The molecule has 1 saturated carbocycles. The molecule has 1 aromatic rings. The summed E-state index contributed by atoms with van der Waals surface area (Å²) >= 11 is 0. The van der Waals surface area contributed by atoms with Gasteiger partial charge in [0.05, 0.1) is 6.42 Å². The van der Waals surface area contributed by atoms with E-state index in [2.05, 4.69) is 5.32 Å². The van der Waals surface area contributed by atoms with Gasteiger partial charge in [0, 0.05) is 31.5 Å². The number of amides is 2. The average molecular weight is 315 g/mol. The number of carbonyl (C=O) groups is 2. The van der Waals surface area contributed by atoms with Crippen LogP contribution in [0.25, 0.3) is 0 Å². The summed E-state index contributed by atoms with van der Waals surface area (Å²) in [6, 6.07) is 7.61. The predicted molar refractivity (Wildman–Crippen MR) is 91.5 cm³/mol. The van der Waals surface area contributed by atoms with Crippen molar-refractivity contribution in [2.45, 2.75) is 50.6 Å². The van der Waals surface area contributed by atoms with Crippen molar-refractivity contribution in [1.82, 2.24) is 4.90 Å². The highest BCUT2D eigenvalue weighted by atomic mass is 16.2. The zero-order valence-corrected chi connectivity index (χ0v) is 13.9. The van der Waals surface area contributed by atoms with Crippen molar-refractivity contribution >= 4 is 23.2 Å². The summed E-state index contributed by atoms with van der Waals surface area (Å²) in [4.78, 5) is 28.5. The monoisotopic (exact) mass is 315 g/mol. The molecule has 23 heavy (non-hydrogen) atoms. The molecule has 1 aliphatic heterocycles. The fraction of sp³-hybridized carbons (Fsp3) is 0.556. The van der Waals surface area contributed by atoms with Crippen LogP contribution in [0.15, 0.2) is 24.3 Å². The van der Waals surface area contributed by atoms with Crippen molar-refractivity contribution in [1.29, 1.82) is 0 Å². The maximum absolute atomic E-state index is 12.6. The molecule has 5 heteroatoms. The quantitative estimate of drug-likeness (QED) is 0.868. The molecule has 1 aromatic carbocycles. The lowest BCUT2D eigenvalue weighted by molar-refractivity contribution is -0.141. The summed E-state index contributed by atoms with van der Waals surface area (Å²) in [6.07, 6.45) is 5.64. The summed E-state index contributed by atoms with van der Waals surface area (Å²) in [7, 11) is 3.98. The van der Waals surface area contributed by atoms with E-state index in [0.717, 1.165) is 37.1 Å². The van der Waals surface area contributed by atoms with Crippen molar-refractivity contribution in [3.63, 3.8) is 0 Å². The molecule has 3 rings (SSSR count). The molecule has 1 unspecified atom stereocenters. The molecule has 124 valence electrons. The third-order valence-electron chi connectivity index (χ3n) is 4.85. The Labute approximate surface area is 137 Å². The topological polar surface area (TPSA) is 52.7 Å². The zero-order valence-electron chi connectivity index (χ0n) is 13.9. The van der Waals surface area contributed by atoms with Gasteiger partial charge in [-0.25, -0.2) is 0 Å². The van der Waals surface area contributed by atoms with E-state index < -0.39 is 6.04 Å². The number of hydrogen-bond acceptors (Lipinski definition) is 4. The minimum absolute atomic E-state index is 0.0238. The molecule has 1 N–H and O–H groups in total. The van der Waals surface area contributed by atoms with Crippen LogP contribution in [0.5, 0.6) is 0 Å². The summed E-state index contributed by atoms with van der Waals surface area (Å²) in [5.41, 5.74) is 1.99. The highest BCUT2D eigenvalue weighted by Gasteiger charge is 2.42. The highest BCUT2D eigenvalue weighted by molar-refractivity contribution is 6.07. The second kappa shape index (κ2) is 6.60. The second-order valence-corrected chi connectivity index (χ2v) is 6.74. The van der Waals surface area contributed by atoms with E-state index in [4.69, 9.17) is 0 Å². The molecule has 2 fully saturated rings. The first kappa shape index (κ1) is 15.8. The smallest absolute Gasteiger partial charge is 0.252 e. The molecule has 1 heterocycles. The van der Waals surface area contributed by atoms with E-state index in [1.807, 2.05) is 43.3 Å². The van der Waals surface area contributed by atoms with Crippen LogP contribution in [0.3, 0.4) is 0 Å². The minimum Gasteiger partial charge on any atom is -0.378 e. The Morgan fingerprint density at radius 1 is 1.04 bits per heavy atom. The number of rotatable bonds is 4. The van der Waals surface area contributed by atoms with Crippen LogP contribution in [-0.2, 0) is 9.59 Å². The first-order valence-electron chi connectivity index (χ1n) is 8.46. The summed E-state index contributed by atoms with van der Waals surface area (Å²) in [6.45, 7) is 0. The Morgan fingerprint density at radius 3 is 2.30 bits per heavy atom. The summed E-state index contributed by atoms with van der Waals surface area (Å²) in [5.74, 6) is -0.0807. The molecule has 5 nitrogen and oxygen atoms in total. The molecule has 2 amide bonds. The predicted octanol–water partition coefficient (Wildman–Crippen LogP) is 2.62. The van der Waals surface area contributed by atoms with Gasteiger partial charge < -0.3 is 10.2 Å². The van der Waals surface area contributed by atoms with E-state index in [1.54, 1.807) is 0 Å². The van der Waals surface area contributed by atoms with E-state index in [9.17, 15) is 9.59 Å². The molecule has 1 aliphatic carbocycles. The van der Waals surface area contributed by atoms with Crippen molar-refractivity contribution in [2.75, 3.05) is 24.3 Å². The highest BCUT2D eigenvalue weighted by Crippen LogP contribution is 2.28. The minimum atomic E-state index is -0.422. The van der Waals surface area contributed by atoms with E-state index in [-0.39, 0.29) is 24.3 Å². The largest absolute Gasteiger partial charge is 0.378 e. The molecule has 1 saturated heterocycles. The Bertz CT molecular complexity index is 576. The zero-order chi connectivity index (χ0) is 16.4. The molecule has 1 atom stereocenters. The number of benzene rings is 1. The first-order chi connectivity index (χ1) is 11.1. The van der Waals surface area contributed by atoms with Gasteiger partial charge in [0.1, 0.15) is 6.04 Å². The molecule has 0 radical (unpaired) electrons. The second-order valence-electron chi connectivity index (χ2n) is 6.74. The van der Waals surface area contributed by atoms with Crippen LogP contribution in [-0.4, -0.2) is 42.9 Å². The van der Waals surface area contributed by atoms with Gasteiger partial charge in [-0.2, -0.15) is 0 Å². The lowest BCUT2D eigenvalue weighted by Gasteiger charge is -2.29. The number of imide groups is 1. The maximum atomic E-state index is 12.6. The van der Waals surface area contributed by atoms with Crippen LogP contribution in [0.2, 0.25) is 0 Å². The van der Waals surface area contributed by atoms with Gasteiger partial charge in [0.2, 0.25) is 5.91 Å². The first-order valence-corrected chi connectivity index (χ1v) is 8.46. The Morgan fingerprint density at radius 2 is 1.70 bits per heavy atom. The van der Waals surface area contributed by atoms with E-state index in [1.165, 1.54) is 11.3 Å². The van der Waals surface area contributed by atoms with Crippen LogP contribution in [0.4, 0.5) is 11.4 Å². The van der Waals surface area contributed by atoms with Gasteiger partial charge in [-0.05, 0) is 37.1 Å². The fourth-order valence-electron chi connectivity index (χ4n) is 3.54. The number of nitrogens with zero attached hydrogens (tertiary/aromatic N) is 2. The standard InChI is InChI=1S/C18H25N3O2/c1-20(2)14-10-8-13(9-11-14)19-16-12-17(22)21(18(16)23)15-6-4-3-5-7-15/h8-11,15-16,19H,3-7,12H2,1-2H3. The summed E-state index contributed by atoms with van der Waals surface area (Å²) < 4.78 is 0. The fourth-order valence-corrected chi connectivity index (χ4v) is 3.54. The van der Waals surface area contributed by atoms with Crippen LogP contribution in [0.1, 0.15) is 38.5 Å². The summed E-state index contributed by atoms with van der Waals surface area (Å²) in [5, 5.41) is 3.23. The SMILES string of the molecule is CN(C)c1ccc(NC2CC(=O)N(C3CCCCC3)C2=O)cc1. The molecule has 0 bridgehead atoms. The van der Waals surface area contributed by atoms with Crippen LogP contribution in [0, 0.1) is 0 Å². The average Bonchev–Trinajstić information content (AvgIpc) is 2.82. The van der Waals surface area contributed by atoms with Gasteiger partial charge >= 0.3 is 0 Å². The number of carbonyl (C=O) groups excluding carboxylic acids is 2. The third kappa shape index (κ3) is 3.33. The van der Waals surface area contributed by atoms with Crippen molar-refractivity contribution in [3.8, 4) is 0 Å². The Kier molecular flexibility index (Phi) is 4.55. The van der Waals surface area contributed by atoms with Crippen LogP contribution < -0.4 is 10.2 Å². The normalized spacial score (nSPS) is 22.5. The van der Waals surface area contributed by atoms with Gasteiger partial charge in [-0.1, -0.05) is 19.3 Å². The number of anilines is 2. The van der Waals surface area contributed by atoms with Gasteiger partial charge in [0.15, 0.2) is 0 Å². The Balaban J connectivity index is 1.67. The van der Waals surface area contributed by atoms with Crippen molar-refractivity contribution in [3.05, 3.63) is 24.3 Å². The molecular weight excluding hydrogens is 290 g/mol. The molecule has 2 aliphatic rings. The van der Waals surface area contributed by atoms with Gasteiger partial charge in [0.25, 0.3) is 5.91 Å². The van der Waals surface area contributed by atoms with E-state index in [0.29, 0.717) is 0 Å². The number of nitrogens with one attached hydrogen (secondary N) is 1. The molecular formula is C18H25N3O2. The Hall–Kier alpha value is -2.04. The van der Waals surface area contributed by atoms with E-state index >= 15 is 0 Å². The number of likely N-dealkylation sites (tertiary alicyclic amines) is 1. The maximum Gasteiger partial charge on any atom is 0.252 e. The van der Waals surface area contributed by atoms with Crippen LogP contribution >= 0.6 is 0 Å². The van der Waals surface area contributed by atoms with Gasteiger partial charge in [-0.3, -0.25) is 14.5 Å². The molecule has 0 spiro atoms. The van der Waals surface area contributed by atoms with Crippen molar-refractivity contribution in [2.24, 2.45) is 0 Å².